The van der Waals surface area contributed by atoms with E-state index < -0.39 is 20.0 Å². The molecule has 0 aliphatic rings. The minimum atomic E-state index is -3.81. The van der Waals surface area contributed by atoms with E-state index in [1.807, 2.05) is 6.92 Å². The van der Waals surface area contributed by atoms with Gasteiger partial charge in [0.25, 0.3) is 15.9 Å². The maximum atomic E-state index is 13.3. The average Bonchev–Trinajstić information content (AvgIpc) is 3.35. The monoisotopic (exact) mass is 587 g/mol. The number of benzene rings is 3. The number of amides is 1. The fourth-order valence-electron chi connectivity index (χ4n) is 3.91. The van der Waals surface area contributed by atoms with Crippen LogP contribution in [0.2, 0.25) is 0 Å². The fourth-order valence-corrected chi connectivity index (χ4v) is 7.37. The van der Waals surface area contributed by atoms with Gasteiger partial charge in [-0.15, -0.1) is 11.3 Å². The molecule has 0 radical (unpaired) electrons. The van der Waals surface area contributed by atoms with Crippen molar-refractivity contribution in [1.29, 1.82) is 0 Å². The zero-order valence-corrected chi connectivity index (χ0v) is 24.1. The quantitative estimate of drug-likeness (QED) is 0.255. The first-order chi connectivity index (χ1) is 18.5. The molecule has 0 bridgehead atoms. The van der Waals surface area contributed by atoms with Crippen molar-refractivity contribution in [3.8, 4) is 5.75 Å². The fraction of sp³-hybridized carbons (Fsp3) is 0.222. The highest BCUT2D eigenvalue weighted by molar-refractivity contribution is 7.92. The third-order valence-corrected chi connectivity index (χ3v) is 10.5. The minimum Gasteiger partial charge on any atom is -0.497 e. The highest BCUT2D eigenvalue weighted by atomic mass is 32.2. The Kier molecular flexibility index (Phi) is 8.60. The summed E-state index contributed by atoms with van der Waals surface area (Å²) in [6.07, 6.45) is 0. The topological polar surface area (TPSA) is 122 Å². The van der Waals surface area contributed by atoms with E-state index in [0.29, 0.717) is 16.3 Å². The Morgan fingerprint density at radius 2 is 1.56 bits per heavy atom. The first-order valence-corrected chi connectivity index (χ1v) is 15.8. The van der Waals surface area contributed by atoms with Gasteiger partial charge in [-0.2, -0.15) is 0 Å². The second-order valence-electron chi connectivity index (χ2n) is 8.64. The largest absolute Gasteiger partial charge is 0.497 e. The smallest absolute Gasteiger partial charge is 0.264 e. The first-order valence-electron chi connectivity index (χ1n) is 12.1. The van der Waals surface area contributed by atoms with Crippen LogP contribution in [0, 0.1) is 6.92 Å². The van der Waals surface area contributed by atoms with Gasteiger partial charge in [-0.05, 0) is 79.9 Å². The molecule has 4 rings (SSSR count). The number of nitrogens with one attached hydrogen (secondary N) is 2. The highest BCUT2D eigenvalue weighted by Gasteiger charge is 2.24. The van der Waals surface area contributed by atoms with Crippen LogP contribution < -0.4 is 19.1 Å². The molecule has 12 heteroatoms. The molecule has 206 valence electrons. The van der Waals surface area contributed by atoms with E-state index in [1.54, 1.807) is 55.5 Å². The van der Waals surface area contributed by atoms with Gasteiger partial charge in [-0.3, -0.25) is 9.10 Å². The Hall–Kier alpha value is -3.45. The van der Waals surface area contributed by atoms with Crippen molar-refractivity contribution in [2.75, 3.05) is 31.0 Å². The summed E-state index contributed by atoms with van der Waals surface area (Å²) in [5.41, 5.74) is 1.44. The van der Waals surface area contributed by atoms with Crippen LogP contribution in [0.15, 0.2) is 82.6 Å². The zero-order valence-electron chi connectivity index (χ0n) is 21.7. The summed E-state index contributed by atoms with van der Waals surface area (Å²) >= 11 is 1.27. The lowest BCUT2D eigenvalue weighted by molar-refractivity contribution is 0.0958. The van der Waals surface area contributed by atoms with Gasteiger partial charge in [0.2, 0.25) is 10.0 Å². The molecule has 1 amide bonds. The van der Waals surface area contributed by atoms with Crippen LogP contribution in [-0.2, 0) is 20.0 Å². The van der Waals surface area contributed by atoms with Crippen molar-refractivity contribution < 1.29 is 26.4 Å². The summed E-state index contributed by atoms with van der Waals surface area (Å²) in [7, 11) is -5.97. The number of carbonyl (C=O) groups excluding carboxylic acids is 1. The van der Waals surface area contributed by atoms with Crippen molar-refractivity contribution >= 4 is 53.1 Å². The molecule has 0 unspecified atom stereocenters. The minimum absolute atomic E-state index is 0.0334. The standard InChI is InChI=1S/C27H29N3O6S3/c1-4-30(39(34,35)24-12-8-22(36-3)9-13-24)21-7-14-25-20(17-21)18-26(37-25)27(31)28-15-16-29-38(32,33)23-10-5-19(2)6-11-23/h5-14,17-18,29H,4,15-16H2,1-3H3,(H,28,31). The number of sulfonamides is 2. The predicted octanol–water partition coefficient (Wildman–Crippen LogP) is 4.14. The summed E-state index contributed by atoms with van der Waals surface area (Å²) in [4.78, 5) is 13.5. The van der Waals surface area contributed by atoms with Gasteiger partial charge >= 0.3 is 0 Å². The van der Waals surface area contributed by atoms with Crippen LogP contribution in [0.25, 0.3) is 10.1 Å². The first kappa shape index (κ1) is 28.6. The number of rotatable bonds is 11. The summed E-state index contributed by atoms with van der Waals surface area (Å²) < 4.78 is 61.2. The van der Waals surface area contributed by atoms with Crippen LogP contribution in [0.4, 0.5) is 5.69 Å². The second-order valence-corrected chi connectivity index (χ2v) is 13.4. The Bertz CT molecular complexity index is 1680. The van der Waals surface area contributed by atoms with Crippen LogP contribution in [-0.4, -0.2) is 49.5 Å². The molecule has 39 heavy (non-hydrogen) atoms. The maximum Gasteiger partial charge on any atom is 0.264 e. The van der Waals surface area contributed by atoms with Gasteiger partial charge in [0.1, 0.15) is 5.75 Å². The Labute approximate surface area is 232 Å². The molecule has 2 N–H and O–H groups in total. The lowest BCUT2D eigenvalue weighted by atomic mass is 10.2. The molecule has 0 spiro atoms. The number of anilines is 1. The van der Waals surface area contributed by atoms with Crippen molar-refractivity contribution in [2.24, 2.45) is 0 Å². The molecule has 3 aromatic carbocycles. The van der Waals surface area contributed by atoms with Gasteiger partial charge in [0.05, 0.1) is 27.5 Å². The molecule has 9 nitrogen and oxygen atoms in total. The van der Waals surface area contributed by atoms with Crippen LogP contribution in [0.1, 0.15) is 22.2 Å². The lowest BCUT2D eigenvalue weighted by Gasteiger charge is -2.23. The van der Waals surface area contributed by atoms with Crippen molar-refractivity contribution in [3.63, 3.8) is 0 Å². The zero-order chi connectivity index (χ0) is 28.2. The number of thiophene rings is 1. The van der Waals surface area contributed by atoms with Gasteiger partial charge in [0.15, 0.2) is 0 Å². The van der Waals surface area contributed by atoms with Gasteiger partial charge in [0, 0.05) is 24.3 Å². The Balaban J connectivity index is 1.43. The Morgan fingerprint density at radius 3 is 2.21 bits per heavy atom. The Morgan fingerprint density at radius 1 is 0.897 bits per heavy atom. The maximum absolute atomic E-state index is 13.3. The molecule has 1 heterocycles. The second kappa shape index (κ2) is 11.7. The van der Waals surface area contributed by atoms with E-state index in [4.69, 9.17) is 4.74 Å². The SMILES string of the molecule is CCN(c1ccc2sc(C(=O)NCCNS(=O)(=O)c3ccc(C)cc3)cc2c1)S(=O)(=O)c1ccc(OC)cc1. The van der Waals surface area contributed by atoms with E-state index in [1.165, 1.54) is 47.0 Å². The third kappa shape index (κ3) is 6.41. The van der Waals surface area contributed by atoms with Crippen LogP contribution >= 0.6 is 11.3 Å². The number of hydrogen-bond acceptors (Lipinski definition) is 7. The van der Waals surface area contributed by atoms with E-state index in [0.717, 1.165) is 15.6 Å². The van der Waals surface area contributed by atoms with Crippen LogP contribution in [0.3, 0.4) is 0 Å². The van der Waals surface area contributed by atoms with Gasteiger partial charge in [-0.1, -0.05) is 17.7 Å². The molecular weight excluding hydrogens is 559 g/mol. The number of aryl methyl sites for hydroxylation is 1. The number of carbonyl (C=O) groups is 1. The summed E-state index contributed by atoms with van der Waals surface area (Å²) in [6, 6.07) is 19.6. The lowest BCUT2D eigenvalue weighted by Crippen LogP contribution is -2.34. The highest BCUT2D eigenvalue weighted by Crippen LogP contribution is 2.32. The summed E-state index contributed by atoms with van der Waals surface area (Å²) in [5, 5.41) is 3.45. The average molecular weight is 588 g/mol. The van der Waals surface area contributed by atoms with Gasteiger partial charge in [-0.25, -0.2) is 21.6 Å². The van der Waals surface area contributed by atoms with E-state index >= 15 is 0 Å². The molecule has 0 aliphatic carbocycles. The molecule has 0 atom stereocenters. The number of methoxy groups -OCH3 is 1. The van der Waals surface area contributed by atoms with E-state index in [2.05, 4.69) is 10.0 Å². The molecule has 0 fully saturated rings. The molecule has 0 aliphatic heterocycles. The molecule has 0 saturated carbocycles. The van der Waals surface area contributed by atoms with Crippen LogP contribution in [0.5, 0.6) is 5.75 Å². The van der Waals surface area contributed by atoms with E-state index in [-0.39, 0.29) is 35.3 Å². The number of nitrogens with zero attached hydrogens (tertiary/aromatic N) is 1. The molecule has 0 saturated heterocycles. The summed E-state index contributed by atoms with van der Waals surface area (Å²) in [5.74, 6) is 0.219. The number of ether oxygens (including phenoxy) is 1. The number of hydrogen-bond donors (Lipinski definition) is 2. The van der Waals surface area contributed by atoms with Crippen molar-refractivity contribution in [1.82, 2.24) is 10.0 Å². The predicted molar refractivity (Wildman–Crippen MR) is 154 cm³/mol. The summed E-state index contributed by atoms with van der Waals surface area (Å²) in [6.45, 7) is 3.98. The molecule has 4 aromatic rings. The van der Waals surface area contributed by atoms with Crippen molar-refractivity contribution in [2.45, 2.75) is 23.6 Å². The third-order valence-electron chi connectivity index (χ3n) is 5.98. The normalized spacial score (nSPS) is 11.9. The molecule has 1 aromatic heterocycles. The molecular formula is C27H29N3O6S3. The number of fused-ring (bicyclic) bond motifs is 1. The van der Waals surface area contributed by atoms with E-state index in [9.17, 15) is 21.6 Å². The van der Waals surface area contributed by atoms with Crippen molar-refractivity contribution in [3.05, 3.63) is 83.2 Å². The van der Waals surface area contributed by atoms with Gasteiger partial charge < -0.3 is 10.1 Å².